The Bertz CT molecular complexity index is 1840. The summed E-state index contributed by atoms with van der Waals surface area (Å²) in [4.78, 5) is 14.6. The molecule has 6 nitrogen and oxygen atoms in total. The van der Waals surface area contributed by atoms with Gasteiger partial charge in [-0.1, -0.05) is 22.7 Å². The predicted octanol–water partition coefficient (Wildman–Crippen LogP) is 1.24. The number of H-pyrrole nitrogens is 4. The maximum atomic E-state index is 3.64. The van der Waals surface area contributed by atoms with E-state index >= 15 is 0 Å². The zero-order valence-corrected chi connectivity index (χ0v) is 21.4. The average Bonchev–Trinajstić information content (AvgIpc) is 3.68. The van der Waals surface area contributed by atoms with Crippen LogP contribution >= 0.6 is 22.7 Å². The van der Waals surface area contributed by atoms with Crippen LogP contribution in [0.1, 0.15) is 32.8 Å². The molecular formula is C28H24N6S2+2. The lowest BCUT2D eigenvalue weighted by molar-refractivity contribution is -0.668. The molecule has 8 bridgehead atoms. The quantitative estimate of drug-likeness (QED) is 0.254. The Kier molecular flexibility index (Phi) is 4.83. The minimum Gasteiger partial charge on any atom is -0.355 e. The van der Waals surface area contributed by atoms with E-state index in [1.165, 1.54) is 10.0 Å². The molecule has 0 unspecified atom stereocenters. The summed E-state index contributed by atoms with van der Waals surface area (Å²) in [5, 5.41) is 10.9. The van der Waals surface area contributed by atoms with Crippen molar-refractivity contribution in [2.24, 2.45) is 14.1 Å². The number of nitrogens with zero attached hydrogens (tertiary/aromatic N) is 2. The fourth-order valence-electron chi connectivity index (χ4n) is 4.80. The van der Waals surface area contributed by atoms with E-state index in [1.54, 1.807) is 22.7 Å². The Balaban J connectivity index is 1.55. The molecule has 0 spiro atoms. The van der Waals surface area contributed by atoms with E-state index in [4.69, 9.17) is 0 Å². The van der Waals surface area contributed by atoms with Gasteiger partial charge in [0.05, 0.1) is 32.8 Å². The second-order valence-electron chi connectivity index (χ2n) is 8.99. The van der Waals surface area contributed by atoms with Crippen LogP contribution in [0.3, 0.4) is 0 Å². The first-order valence-electron chi connectivity index (χ1n) is 11.7. The SMILES string of the molecule is C[n+]1ccsc1C1=c2ccc([nH]2)=Cc2ccc([nH]2)C(c2scc[n+]2C)=c2ccc([nH]2)=Cc2ccc1[nH]2. The second-order valence-corrected chi connectivity index (χ2v) is 10.8. The Hall–Kier alpha value is -4.14. The van der Waals surface area contributed by atoms with Crippen molar-refractivity contribution in [3.8, 4) is 0 Å². The summed E-state index contributed by atoms with van der Waals surface area (Å²) in [6.45, 7) is 0. The van der Waals surface area contributed by atoms with Gasteiger partial charge in [-0.2, -0.15) is 9.13 Å². The van der Waals surface area contributed by atoms with Crippen LogP contribution in [0.5, 0.6) is 0 Å². The summed E-state index contributed by atoms with van der Waals surface area (Å²) >= 11 is 3.47. The van der Waals surface area contributed by atoms with Crippen LogP contribution < -0.4 is 30.5 Å². The number of aryl methyl sites for hydroxylation is 2. The molecule has 7 rings (SSSR count). The molecule has 1 aliphatic rings. The fourth-order valence-corrected chi connectivity index (χ4v) is 6.67. The lowest BCUT2D eigenvalue weighted by atomic mass is 10.2. The van der Waals surface area contributed by atoms with Gasteiger partial charge in [0.1, 0.15) is 25.2 Å². The lowest BCUT2D eigenvalue weighted by Crippen LogP contribution is -2.31. The Morgan fingerprint density at radius 3 is 1.44 bits per heavy atom. The number of fused-ring (bicyclic) bond motifs is 8. The highest BCUT2D eigenvalue weighted by atomic mass is 32.1. The van der Waals surface area contributed by atoms with Crippen LogP contribution in [0.2, 0.25) is 0 Å². The number of rotatable bonds is 2. The molecule has 1 aliphatic heterocycles. The third-order valence-electron chi connectivity index (χ3n) is 6.53. The van der Waals surface area contributed by atoms with Gasteiger partial charge in [-0.15, -0.1) is 0 Å². The number of aromatic amines is 4. The molecule has 0 radical (unpaired) electrons. The monoisotopic (exact) mass is 508 g/mol. The van der Waals surface area contributed by atoms with Crippen molar-refractivity contribution in [3.05, 3.63) is 126 Å². The van der Waals surface area contributed by atoms with Gasteiger partial charge in [0, 0.05) is 22.1 Å². The standard InChI is InChI=1S/C28H22N6S2/c1-33-11-13-35-27(33)25-21-7-3-17(29-21)15-19-5-9-23(31-19)26(28-34(2)12-14-36-28)24-10-6-20(32-24)16-18-4-8-22(25)30-18/h3-16H,1-2H3,(H2,29,30,31,32)/p+2. The topological polar surface area (TPSA) is 70.9 Å². The Morgan fingerprint density at radius 2 is 1.03 bits per heavy atom. The second kappa shape index (κ2) is 8.22. The van der Waals surface area contributed by atoms with E-state index in [0.717, 1.165) is 55.3 Å². The normalized spacial score (nSPS) is 13.1. The maximum absolute atomic E-state index is 3.64. The highest BCUT2D eigenvalue weighted by molar-refractivity contribution is 7.10. The van der Waals surface area contributed by atoms with Gasteiger partial charge in [0.2, 0.25) is 0 Å². The maximum Gasteiger partial charge on any atom is 0.273 e. The Labute approximate surface area is 214 Å². The molecule has 8 heteroatoms. The van der Waals surface area contributed by atoms with Gasteiger partial charge < -0.3 is 19.9 Å². The van der Waals surface area contributed by atoms with Crippen LogP contribution in [-0.2, 0) is 14.1 Å². The molecule has 176 valence electrons. The molecule has 6 aromatic heterocycles. The number of thiazole rings is 2. The summed E-state index contributed by atoms with van der Waals surface area (Å²) in [7, 11) is 4.18. The van der Waals surface area contributed by atoms with Crippen LogP contribution in [0.15, 0.2) is 71.7 Å². The van der Waals surface area contributed by atoms with Gasteiger partial charge in [-0.3, -0.25) is 0 Å². The highest BCUT2D eigenvalue weighted by Crippen LogP contribution is 2.22. The molecule has 0 atom stereocenters. The minimum atomic E-state index is 1.05. The number of nitrogens with one attached hydrogen (secondary N) is 4. The van der Waals surface area contributed by atoms with Gasteiger partial charge >= 0.3 is 0 Å². The summed E-state index contributed by atoms with van der Waals surface area (Å²) in [6.07, 6.45) is 8.51. The molecule has 0 aromatic carbocycles. The molecule has 4 N–H and O–H groups in total. The molecule has 6 aromatic rings. The summed E-state index contributed by atoms with van der Waals surface area (Å²) in [5.74, 6) is 0. The smallest absolute Gasteiger partial charge is 0.273 e. The van der Waals surface area contributed by atoms with Crippen molar-refractivity contribution in [1.82, 2.24) is 19.9 Å². The van der Waals surface area contributed by atoms with Crippen molar-refractivity contribution in [2.45, 2.75) is 0 Å². The van der Waals surface area contributed by atoms with E-state index in [0.29, 0.717) is 0 Å². The molecule has 36 heavy (non-hydrogen) atoms. The molecule has 0 saturated heterocycles. The van der Waals surface area contributed by atoms with Crippen LogP contribution in [0.25, 0.3) is 23.3 Å². The fraction of sp³-hybridized carbons (Fsp3) is 0.0714. The van der Waals surface area contributed by atoms with Crippen LogP contribution in [0, 0.1) is 0 Å². The van der Waals surface area contributed by atoms with Gasteiger partial charge in [-0.05, 0) is 60.7 Å². The molecule has 7 heterocycles. The van der Waals surface area contributed by atoms with Gasteiger partial charge in [0.25, 0.3) is 10.0 Å². The van der Waals surface area contributed by atoms with E-state index in [1.807, 2.05) is 0 Å². The van der Waals surface area contributed by atoms with E-state index in [2.05, 4.69) is 127 Å². The third kappa shape index (κ3) is 3.54. The number of hydrogen-bond acceptors (Lipinski definition) is 2. The zero-order chi connectivity index (χ0) is 24.2. The number of hydrogen-bond donors (Lipinski definition) is 4. The Morgan fingerprint density at radius 1 is 0.556 bits per heavy atom. The van der Waals surface area contributed by atoms with Crippen molar-refractivity contribution >= 4 is 46.0 Å². The zero-order valence-electron chi connectivity index (χ0n) is 19.8. The first-order valence-corrected chi connectivity index (χ1v) is 13.5. The van der Waals surface area contributed by atoms with Gasteiger partial charge in [0.15, 0.2) is 12.4 Å². The molecule has 0 saturated carbocycles. The largest absolute Gasteiger partial charge is 0.355 e. The van der Waals surface area contributed by atoms with Crippen molar-refractivity contribution in [2.75, 3.05) is 0 Å². The van der Waals surface area contributed by atoms with Crippen LogP contribution in [0.4, 0.5) is 0 Å². The third-order valence-corrected chi connectivity index (χ3v) is 8.48. The minimum absolute atomic E-state index is 1.05. The van der Waals surface area contributed by atoms with E-state index < -0.39 is 0 Å². The number of aromatic nitrogens is 6. The highest BCUT2D eigenvalue weighted by Gasteiger charge is 2.21. The summed E-state index contributed by atoms with van der Waals surface area (Å²) in [5.41, 5.74) is 6.55. The summed E-state index contributed by atoms with van der Waals surface area (Å²) < 4.78 is 4.34. The van der Waals surface area contributed by atoms with E-state index in [9.17, 15) is 0 Å². The summed E-state index contributed by atoms with van der Waals surface area (Å²) in [6, 6.07) is 17.2. The predicted molar refractivity (Wildman–Crippen MR) is 143 cm³/mol. The van der Waals surface area contributed by atoms with Crippen molar-refractivity contribution in [3.63, 3.8) is 0 Å². The molecule has 0 amide bonds. The molecule has 0 fully saturated rings. The van der Waals surface area contributed by atoms with Crippen molar-refractivity contribution < 1.29 is 9.13 Å². The molecule has 0 aliphatic carbocycles. The lowest BCUT2D eigenvalue weighted by Gasteiger charge is -2.00. The first-order chi connectivity index (χ1) is 17.6. The molecular weight excluding hydrogens is 484 g/mol. The van der Waals surface area contributed by atoms with Gasteiger partial charge in [-0.25, -0.2) is 0 Å². The van der Waals surface area contributed by atoms with Crippen molar-refractivity contribution in [1.29, 1.82) is 0 Å². The van der Waals surface area contributed by atoms with Crippen LogP contribution in [-0.4, -0.2) is 19.9 Å². The average molecular weight is 509 g/mol. The van der Waals surface area contributed by atoms with E-state index in [-0.39, 0.29) is 0 Å². The first kappa shape index (κ1) is 21.2.